The molecule has 21 heavy (non-hydrogen) atoms. The standard InChI is InChI=1S/C15H16N4OS/c1-10(2)11-9-13(18-17-11)16-15(20)14-12(5-8-21-14)19-6-3-4-7-19/h3-10H,1-2H3,(H2,16,17,18,20). The molecule has 0 spiro atoms. The Kier molecular flexibility index (Phi) is 3.62. The maximum Gasteiger partial charge on any atom is 0.269 e. The Balaban J connectivity index is 1.81. The molecule has 0 fully saturated rings. The van der Waals surface area contributed by atoms with Crippen molar-refractivity contribution >= 4 is 23.1 Å². The number of aromatic nitrogens is 3. The molecule has 3 rings (SSSR count). The van der Waals surface area contributed by atoms with Gasteiger partial charge in [-0.3, -0.25) is 9.89 Å². The molecule has 2 N–H and O–H groups in total. The van der Waals surface area contributed by atoms with E-state index in [1.807, 2.05) is 46.6 Å². The Hall–Kier alpha value is -2.34. The molecule has 0 saturated carbocycles. The fraction of sp³-hybridized carbons (Fsp3) is 0.200. The summed E-state index contributed by atoms with van der Waals surface area (Å²) in [6, 6.07) is 7.67. The molecule has 3 aromatic rings. The lowest BCUT2D eigenvalue weighted by molar-refractivity contribution is 0.103. The monoisotopic (exact) mass is 300 g/mol. The lowest BCUT2D eigenvalue weighted by Gasteiger charge is -2.04. The highest BCUT2D eigenvalue weighted by Crippen LogP contribution is 2.23. The van der Waals surface area contributed by atoms with Gasteiger partial charge in [-0.25, -0.2) is 0 Å². The van der Waals surface area contributed by atoms with E-state index in [1.54, 1.807) is 0 Å². The van der Waals surface area contributed by atoms with Gasteiger partial charge in [0.1, 0.15) is 4.88 Å². The van der Waals surface area contributed by atoms with Gasteiger partial charge in [-0.05, 0) is 29.5 Å². The second-order valence-electron chi connectivity index (χ2n) is 5.04. The number of thiophene rings is 1. The van der Waals surface area contributed by atoms with Crippen LogP contribution in [0.4, 0.5) is 5.82 Å². The molecule has 1 amide bonds. The van der Waals surface area contributed by atoms with Gasteiger partial charge in [0, 0.05) is 24.2 Å². The average Bonchev–Trinajstić information content (AvgIpc) is 3.19. The highest BCUT2D eigenvalue weighted by Gasteiger charge is 2.16. The summed E-state index contributed by atoms with van der Waals surface area (Å²) in [5.74, 6) is 0.756. The van der Waals surface area contributed by atoms with Crippen LogP contribution in [0, 0.1) is 0 Å². The first-order valence-corrected chi connectivity index (χ1v) is 7.60. The van der Waals surface area contributed by atoms with Crippen molar-refractivity contribution in [3.05, 3.63) is 52.6 Å². The molecule has 5 nitrogen and oxygen atoms in total. The minimum absolute atomic E-state index is 0.143. The molecule has 6 heteroatoms. The van der Waals surface area contributed by atoms with Gasteiger partial charge in [-0.2, -0.15) is 5.10 Å². The molecule has 3 aromatic heterocycles. The van der Waals surface area contributed by atoms with E-state index in [0.717, 1.165) is 11.4 Å². The number of rotatable bonds is 4. The van der Waals surface area contributed by atoms with E-state index in [0.29, 0.717) is 16.6 Å². The van der Waals surface area contributed by atoms with Crippen molar-refractivity contribution in [2.45, 2.75) is 19.8 Å². The van der Waals surface area contributed by atoms with Crippen molar-refractivity contribution < 1.29 is 4.79 Å². The number of nitrogens with zero attached hydrogens (tertiary/aromatic N) is 2. The average molecular weight is 300 g/mol. The Morgan fingerprint density at radius 2 is 2.14 bits per heavy atom. The second-order valence-corrected chi connectivity index (χ2v) is 5.96. The maximum atomic E-state index is 12.4. The third-order valence-corrected chi connectivity index (χ3v) is 4.10. The van der Waals surface area contributed by atoms with E-state index in [2.05, 4.69) is 29.4 Å². The van der Waals surface area contributed by atoms with Gasteiger partial charge in [0.25, 0.3) is 5.91 Å². The molecule has 0 aliphatic carbocycles. The molecular formula is C15H16N4OS. The highest BCUT2D eigenvalue weighted by atomic mass is 32.1. The molecule has 0 aliphatic heterocycles. The predicted molar refractivity (Wildman–Crippen MR) is 84.3 cm³/mol. The smallest absolute Gasteiger partial charge is 0.269 e. The fourth-order valence-corrected chi connectivity index (χ4v) is 2.83. The van der Waals surface area contributed by atoms with E-state index >= 15 is 0 Å². The van der Waals surface area contributed by atoms with Crippen molar-refractivity contribution in [2.75, 3.05) is 5.32 Å². The summed E-state index contributed by atoms with van der Waals surface area (Å²) in [6.07, 6.45) is 3.84. The molecule has 0 bridgehead atoms. The highest BCUT2D eigenvalue weighted by molar-refractivity contribution is 7.12. The number of H-pyrrole nitrogens is 1. The minimum Gasteiger partial charge on any atom is -0.322 e. The van der Waals surface area contributed by atoms with Crippen molar-refractivity contribution in [3.8, 4) is 5.69 Å². The molecule has 0 atom stereocenters. The van der Waals surface area contributed by atoms with Crippen molar-refractivity contribution in [3.63, 3.8) is 0 Å². The molecule has 0 aliphatic rings. The van der Waals surface area contributed by atoms with Crippen LogP contribution < -0.4 is 5.32 Å². The van der Waals surface area contributed by atoms with Gasteiger partial charge in [0.05, 0.1) is 5.69 Å². The lowest BCUT2D eigenvalue weighted by atomic mass is 10.1. The van der Waals surface area contributed by atoms with E-state index in [1.165, 1.54) is 11.3 Å². The van der Waals surface area contributed by atoms with Gasteiger partial charge in [-0.15, -0.1) is 11.3 Å². The summed E-state index contributed by atoms with van der Waals surface area (Å²) in [6.45, 7) is 4.14. The molecule has 0 radical (unpaired) electrons. The zero-order chi connectivity index (χ0) is 14.8. The van der Waals surface area contributed by atoms with Crippen molar-refractivity contribution in [1.82, 2.24) is 14.8 Å². The van der Waals surface area contributed by atoms with Gasteiger partial charge < -0.3 is 9.88 Å². The maximum absolute atomic E-state index is 12.4. The van der Waals surface area contributed by atoms with Crippen LogP contribution in [-0.4, -0.2) is 20.7 Å². The molecular weight excluding hydrogens is 284 g/mol. The third-order valence-electron chi connectivity index (χ3n) is 3.19. The van der Waals surface area contributed by atoms with Crippen LogP contribution in [0.2, 0.25) is 0 Å². The number of carbonyl (C=O) groups excluding carboxylic acids is 1. The number of hydrogen-bond acceptors (Lipinski definition) is 3. The minimum atomic E-state index is -0.143. The second kappa shape index (κ2) is 5.57. The van der Waals surface area contributed by atoms with Gasteiger partial charge in [0.2, 0.25) is 0 Å². The zero-order valence-electron chi connectivity index (χ0n) is 11.8. The largest absolute Gasteiger partial charge is 0.322 e. The number of hydrogen-bond donors (Lipinski definition) is 2. The third kappa shape index (κ3) is 2.75. The number of aromatic amines is 1. The number of amides is 1. The molecule has 3 heterocycles. The number of anilines is 1. The Morgan fingerprint density at radius 3 is 2.81 bits per heavy atom. The van der Waals surface area contributed by atoms with Crippen LogP contribution in [0.15, 0.2) is 42.0 Å². The Bertz CT molecular complexity index is 739. The SMILES string of the molecule is CC(C)c1cc(NC(=O)c2sccc2-n2cccc2)n[nH]1. The van der Waals surface area contributed by atoms with Crippen LogP contribution in [0.25, 0.3) is 5.69 Å². The van der Waals surface area contributed by atoms with Gasteiger partial charge >= 0.3 is 0 Å². The fourth-order valence-electron chi connectivity index (χ4n) is 2.04. The van der Waals surface area contributed by atoms with Gasteiger partial charge in [0.15, 0.2) is 5.82 Å². The van der Waals surface area contributed by atoms with Crippen LogP contribution in [0.3, 0.4) is 0 Å². The molecule has 0 aromatic carbocycles. The van der Waals surface area contributed by atoms with Crippen LogP contribution in [-0.2, 0) is 0 Å². The predicted octanol–water partition coefficient (Wildman–Crippen LogP) is 3.64. The summed E-state index contributed by atoms with van der Waals surface area (Å²) in [5.41, 5.74) is 1.88. The van der Waals surface area contributed by atoms with Crippen molar-refractivity contribution in [2.24, 2.45) is 0 Å². The Morgan fingerprint density at radius 1 is 1.38 bits per heavy atom. The summed E-state index contributed by atoms with van der Waals surface area (Å²) >= 11 is 1.42. The molecule has 108 valence electrons. The van der Waals surface area contributed by atoms with Crippen LogP contribution in [0.5, 0.6) is 0 Å². The van der Waals surface area contributed by atoms with Gasteiger partial charge in [-0.1, -0.05) is 13.8 Å². The Labute approximate surface area is 126 Å². The molecule has 0 unspecified atom stereocenters. The summed E-state index contributed by atoms with van der Waals surface area (Å²) in [7, 11) is 0. The topological polar surface area (TPSA) is 62.7 Å². The number of nitrogens with one attached hydrogen (secondary N) is 2. The first-order chi connectivity index (χ1) is 10.1. The first kappa shape index (κ1) is 13.6. The van der Waals surface area contributed by atoms with Crippen LogP contribution >= 0.6 is 11.3 Å². The van der Waals surface area contributed by atoms with Crippen LogP contribution in [0.1, 0.15) is 35.1 Å². The van der Waals surface area contributed by atoms with E-state index < -0.39 is 0 Å². The van der Waals surface area contributed by atoms with E-state index in [9.17, 15) is 4.79 Å². The first-order valence-electron chi connectivity index (χ1n) is 6.72. The molecule has 0 saturated heterocycles. The quantitative estimate of drug-likeness (QED) is 0.772. The summed E-state index contributed by atoms with van der Waals surface area (Å²) in [4.78, 5) is 13.1. The van der Waals surface area contributed by atoms with Crippen molar-refractivity contribution in [1.29, 1.82) is 0 Å². The zero-order valence-corrected chi connectivity index (χ0v) is 12.6. The van der Waals surface area contributed by atoms with E-state index in [4.69, 9.17) is 0 Å². The normalized spacial score (nSPS) is 11.0. The van der Waals surface area contributed by atoms with E-state index in [-0.39, 0.29) is 5.91 Å². The lowest BCUT2D eigenvalue weighted by Crippen LogP contribution is -2.12. The summed E-state index contributed by atoms with van der Waals surface area (Å²) in [5, 5.41) is 11.8. The number of carbonyl (C=O) groups is 1. The summed E-state index contributed by atoms with van der Waals surface area (Å²) < 4.78 is 1.93.